The zero-order valence-corrected chi connectivity index (χ0v) is 16.9. The van der Waals surface area contributed by atoms with Crippen molar-refractivity contribution in [2.45, 2.75) is 22.9 Å². The van der Waals surface area contributed by atoms with E-state index in [1.54, 1.807) is 34.1 Å². The highest BCUT2D eigenvalue weighted by molar-refractivity contribution is 8.00. The molecule has 0 aliphatic carbocycles. The molecule has 1 aliphatic heterocycles. The second-order valence-electron chi connectivity index (χ2n) is 6.56. The topological polar surface area (TPSA) is 59.5 Å². The van der Waals surface area contributed by atoms with E-state index in [-0.39, 0.29) is 12.5 Å². The largest absolute Gasteiger partial charge is 0.452 e. The summed E-state index contributed by atoms with van der Waals surface area (Å²) in [4.78, 5) is 31.0. The number of aromatic nitrogens is 1. The quantitative estimate of drug-likeness (QED) is 0.444. The molecule has 144 valence electrons. The van der Waals surface area contributed by atoms with Gasteiger partial charge in [0.1, 0.15) is 0 Å². The Balaban J connectivity index is 1.39. The number of benzene rings is 2. The van der Waals surface area contributed by atoms with Crippen molar-refractivity contribution >= 4 is 45.2 Å². The molecular formula is C21H20N2O3S2. The molecule has 0 N–H and O–H groups in total. The third kappa shape index (κ3) is 4.36. The lowest BCUT2D eigenvalue weighted by Crippen LogP contribution is -2.32. The Morgan fingerprint density at radius 2 is 1.82 bits per heavy atom. The van der Waals surface area contributed by atoms with Crippen molar-refractivity contribution in [1.82, 2.24) is 9.88 Å². The van der Waals surface area contributed by atoms with E-state index >= 15 is 0 Å². The number of nitrogens with zero attached hydrogens (tertiary/aromatic N) is 2. The Morgan fingerprint density at radius 1 is 1.07 bits per heavy atom. The minimum atomic E-state index is -0.451. The average Bonchev–Trinajstić information content (AvgIpc) is 3.40. The normalized spacial score (nSPS) is 13.8. The smallest absolute Gasteiger partial charge is 0.338 e. The number of hydrogen-bond donors (Lipinski definition) is 0. The number of thioether (sulfide) groups is 1. The second-order valence-corrected chi connectivity index (χ2v) is 8.81. The Hall–Kier alpha value is -2.38. The Labute approximate surface area is 171 Å². The minimum Gasteiger partial charge on any atom is -0.452 e. The highest BCUT2D eigenvalue weighted by atomic mass is 32.2. The van der Waals surface area contributed by atoms with Crippen LogP contribution in [0.25, 0.3) is 10.2 Å². The molecule has 3 aromatic rings. The predicted octanol–water partition coefficient (Wildman–Crippen LogP) is 4.37. The van der Waals surface area contributed by atoms with Crippen molar-refractivity contribution in [3.05, 3.63) is 59.7 Å². The Kier molecular flexibility index (Phi) is 5.92. The number of carbonyl (C=O) groups excluding carboxylic acids is 2. The average molecular weight is 413 g/mol. The van der Waals surface area contributed by atoms with Gasteiger partial charge in [-0.3, -0.25) is 4.79 Å². The molecule has 7 heteroatoms. The summed E-state index contributed by atoms with van der Waals surface area (Å²) in [6.45, 7) is 1.32. The van der Waals surface area contributed by atoms with Gasteiger partial charge in [-0.05, 0) is 36.6 Å². The third-order valence-corrected chi connectivity index (χ3v) is 6.88. The third-order valence-electron chi connectivity index (χ3n) is 4.65. The van der Waals surface area contributed by atoms with E-state index in [1.807, 2.05) is 36.4 Å². The maximum Gasteiger partial charge on any atom is 0.338 e. The number of ether oxygens (including phenoxy) is 1. The van der Waals surface area contributed by atoms with Crippen molar-refractivity contribution in [3.8, 4) is 0 Å². The predicted molar refractivity (Wildman–Crippen MR) is 112 cm³/mol. The molecule has 2 heterocycles. The van der Waals surface area contributed by atoms with Crippen LogP contribution in [0.3, 0.4) is 0 Å². The minimum absolute atomic E-state index is 0.118. The fourth-order valence-electron chi connectivity index (χ4n) is 3.16. The summed E-state index contributed by atoms with van der Waals surface area (Å²) in [6.07, 6.45) is 2.04. The lowest BCUT2D eigenvalue weighted by molar-refractivity contribution is -0.133. The van der Waals surface area contributed by atoms with Gasteiger partial charge in [0.15, 0.2) is 10.9 Å². The van der Waals surface area contributed by atoms with Gasteiger partial charge in [0.2, 0.25) is 0 Å². The summed E-state index contributed by atoms with van der Waals surface area (Å²) < 4.78 is 7.41. The van der Waals surface area contributed by atoms with E-state index in [0.717, 1.165) is 46.1 Å². The summed E-state index contributed by atoms with van der Waals surface area (Å²) in [6, 6.07) is 15.4. The summed E-state index contributed by atoms with van der Waals surface area (Å²) >= 11 is 3.24. The van der Waals surface area contributed by atoms with Gasteiger partial charge in [-0.1, -0.05) is 42.1 Å². The molecule has 1 saturated heterocycles. The van der Waals surface area contributed by atoms with Gasteiger partial charge >= 0.3 is 5.97 Å². The maximum absolute atomic E-state index is 12.5. The van der Waals surface area contributed by atoms with Crippen LogP contribution in [0.2, 0.25) is 0 Å². The van der Waals surface area contributed by atoms with Gasteiger partial charge in [0.25, 0.3) is 5.91 Å². The van der Waals surface area contributed by atoms with Gasteiger partial charge in [-0.2, -0.15) is 0 Å². The van der Waals surface area contributed by atoms with Gasteiger partial charge in [0.05, 0.1) is 15.8 Å². The van der Waals surface area contributed by atoms with E-state index in [2.05, 4.69) is 11.1 Å². The number of esters is 1. The van der Waals surface area contributed by atoms with E-state index in [4.69, 9.17) is 4.74 Å². The van der Waals surface area contributed by atoms with Crippen molar-refractivity contribution in [2.24, 2.45) is 0 Å². The molecule has 1 aromatic heterocycles. The molecule has 2 aromatic carbocycles. The van der Waals surface area contributed by atoms with E-state index in [0.29, 0.717) is 11.3 Å². The number of amides is 1. The van der Waals surface area contributed by atoms with Crippen LogP contribution in [0.4, 0.5) is 0 Å². The van der Waals surface area contributed by atoms with Crippen molar-refractivity contribution in [1.29, 1.82) is 0 Å². The van der Waals surface area contributed by atoms with Crippen molar-refractivity contribution in [3.63, 3.8) is 0 Å². The molecule has 1 amide bonds. The Morgan fingerprint density at radius 3 is 2.64 bits per heavy atom. The van der Waals surface area contributed by atoms with Gasteiger partial charge in [-0.25, -0.2) is 9.78 Å². The zero-order valence-electron chi connectivity index (χ0n) is 15.3. The molecule has 5 nitrogen and oxygen atoms in total. The first-order valence-corrected chi connectivity index (χ1v) is 11.0. The number of rotatable bonds is 6. The van der Waals surface area contributed by atoms with Crippen LogP contribution in [0.1, 0.15) is 28.8 Å². The molecule has 28 heavy (non-hydrogen) atoms. The van der Waals surface area contributed by atoms with Gasteiger partial charge in [0, 0.05) is 18.8 Å². The molecule has 0 spiro atoms. The highest BCUT2D eigenvalue weighted by Crippen LogP contribution is 2.32. The lowest BCUT2D eigenvalue weighted by atomic mass is 10.1. The SMILES string of the molecule is O=C(OCC(=O)N1CCCC1)c1ccccc1CSc1nc2ccccc2s1. The molecule has 4 rings (SSSR count). The number of para-hydroxylation sites is 1. The summed E-state index contributed by atoms with van der Waals surface area (Å²) in [7, 11) is 0. The number of thiazole rings is 1. The molecule has 0 unspecified atom stereocenters. The molecular weight excluding hydrogens is 392 g/mol. The molecule has 0 radical (unpaired) electrons. The molecule has 1 aliphatic rings. The standard InChI is InChI=1S/C21H20N2O3S2/c24-19(23-11-5-6-12-23)13-26-20(25)16-8-2-1-7-15(16)14-27-21-22-17-9-3-4-10-18(17)28-21/h1-4,7-10H,5-6,11-14H2. The summed E-state index contributed by atoms with van der Waals surface area (Å²) in [5, 5.41) is 0. The van der Waals surface area contributed by atoms with Crippen LogP contribution >= 0.6 is 23.1 Å². The Bertz CT molecular complexity index is 963. The molecule has 0 bridgehead atoms. The fourth-order valence-corrected chi connectivity index (χ4v) is 5.23. The van der Waals surface area contributed by atoms with E-state index in [9.17, 15) is 9.59 Å². The molecule has 0 saturated carbocycles. The first-order chi connectivity index (χ1) is 13.7. The number of hydrogen-bond acceptors (Lipinski definition) is 6. The highest BCUT2D eigenvalue weighted by Gasteiger charge is 2.20. The van der Waals surface area contributed by atoms with Gasteiger partial charge in [-0.15, -0.1) is 11.3 Å². The van der Waals surface area contributed by atoms with Crippen LogP contribution in [0.15, 0.2) is 52.9 Å². The van der Waals surface area contributed by atoms with E-state index in [1.165, 1.54) is 0 Å². The maximum atomic E-state index is 12.5. The van der Waals surface area contributed by atoms with Crippen LogP contribution in [-0.4, -0.2) is 41.5 Å². The first kappa shape index (κ1) is 19.0. The van der Waals surface area contributed by atoms with E-state index < -0.39 is 5.97 Å². The van der Waals surface area contributed by atoms with Crippen LogP contribution < -0.4 is 0 Å². The fraction of sp³-hybridized carbons (Fsp3) is 0.286. The molecule has 0 atom stereocenters. The summed E-state index contributed by atoms with van der Waals surface area (Å²) in [5.74, 6) is 0.0470. The van der Waals surface area contributed by atoms with Crippen molar-refractivity contribution in [2.75, 3.05) is 19.7 Å². The van der Waals surface area contributed by atoms with Crippen LogP contribution in [0.5, 0.6) is 0 Å². The number of carbonyl (C=O) groups is 2. The monoisotopic (exact) mass is 412 g/mol. The lowest BCUT2D eigenvalue weighted by Gasteiger charge is -2.15. The molecule has 1 fully saturated rings. The van der Waals surface area contributed by atoms with Crippen LogP contribution in [0, 0.1) is 0 Å². The number of fused-ring (bicyclic) bond motifs is 1. The first-order valence-electron chi connectivity index (χ1n) is 9.22. The second kappa shape index (κ2) is 8.75. The van der Waals surface area contributed by atoms with Crippen LogP contribution in [-0.2, 0) is 15.3 Å². The van der Waals surface area contributed by atoms with Crippen molar-refractivity contribution < 1.29 is 14.3 Å². The van der Waals surface area contributed by atoms with Gasteiger partial charge < -0.3 is 9.64 Å². The number of likely N-dealkylation sites (tertiary alicyclic amines) is 1. The zero-order chi connectivity index (χ0) is 19.3. The summed E-state index contributed by atoms with van der Waals surface area (Å²) in [5.41, 5.74) is 2.37.